The molecule has 0 radical (unpaired) electrons. The fourth-order valence-corrected chi connectivity index (χ4v) is 2.05. The highest BCUT2D eigenvalue weighted by atomic mass is 19.1. The molecule has 2 aromatic carbocycles. The van der Waals surface area contributed by atoms with Crippen LogP contribution in [0.1, 0.15) is 18.0 Å². The molecule has 0 aliphatic carbocycles. The van der Waals surface area contributed by atoms with Gasteiger partial charge in [-0.2, -0.15) is 0 Å². The van der Waals surface area contributed by atoms with Crippen molar-refractivity contribution < 1.29 is 4.39 Å². The third kappa shape index (κ3) is 2.49. The second-order valence-electron chi connectivity index (χ2n) is 4.20. The number of benzene rings is 2. The minimum absolute atomic E-state index is 0.154. The van der Waals surface area contributed by atoms with Crippen LogP contribution in [0.25, 0.3) is 11.1 Å². The summed E-state index contributed by atoms with van der Waals surface area (Å²) < 4.78 is 13.8. The van der Waals surface area contributed by atoms with Crippen molar-refractivity contribution in [1.29, 1.82) is 0 Å². The standard InChI is InChI=1S/C16H16FN/c1-2-7-16(18)14-10-4-3-8-12(14)13-9-5-6-11-15(13)17/h2-6,8-11,16H,1,7,18H2. The van der Waals surface area contributed by atoms with Gasteiger partial charge in [0.05, 0.1) is 0 Å². The maximum Gasteiger partial charge on any atom is 0.131 e. The van der Waals surface area contributed by atoms with E-state index in [1.807, 2.05) is 30.3 Å². The molecule has 0 spiro atoms. The second-order valence-corrected chi connectivity index (χ2v) is 4.20. The van der Waals surface area contributed by atoms with Crippen molar-refractivity contribution in [2.24, 2.45) is 5.73 Å². The van der Waals surface area contributed by atoms with Crippen molar-refractivity contribution in [2.45, 2.75) is 12.5 Å². The molecule has 0 aliphatic rings. The normalized spacial score (nSPS) is 12.1. The lowest BCUT2D eigenvalue weighted by molar-refractivity contribution is 0.630. The molecular weight excluding hydrogens is 225 g/mol. The van der Waals surface area contributed by atoms with Crippen LogP contribution in [0.3, 0.4) is 0 Å². The maximum absolute atomic E-state index is 13.8. The van der Waals surface area contributed by atoms with Crippen LogP contribution < -0.4 is 5.73 Å². The Morgan fingerprint density at radius 1 is 1.06 bits per heavy atom. The van der Waals surface area contributed by atoms with Crippen molar-refractivity contribution in [3.05, 3.63) is 72.6 Å². The van der Waals surface area contributed by atoms with Crippen LogP contribution in [0.15, 0.2) is 61.2 Å². The zero-order valence-electron chi connectivity index (χ0n) is 10.1. The fourth-order valence-electron chi connectivity index (χ4n) is 2.05. The quantitative estimate of drug-likeness (QED) is 0.802. The molecule has 0 fully saturated rings. The number of rotatable bonds is 4. The van der Waals surface area contributed by atoms with Crippen molar-refractivity contribution >= 4 is 0 Å². The first kappa shape index (κ1) is 12.5. The summed E-state index contributed by atoms with van der Waals surface area (Å²) in [5.74, 6) is -0.226. The van der Waals surface area contributed by atoms with Crippen LogP contribution in [0.4, 0.5) is 4.39 Å². The summed E-state index contributed by atoms with van der Waals surface area (Å²) in [4.78, 5) is 0. The Morgan fingerprint density at radius 2 is 1.67 bits per heavy atom. The topological polar surface area (TPSA) is 26.0 Å². The van der Waals surface area contributed by atoms with Gasteiger partial charge in [0.2, 0.25) is 0 Å². The fraction of sp³-hybridized carbons (Fsp3) is 0.125. The molecule has 0 aliphatic heterocycles. The van der Waals surface area contributed by atoms with Crippen molar-refractivity contribution in [3.63, 3.8) is 0 Å². The first-order valence-electron chi connectivity index (χ1n) is 5.94. The molecule has 0 aromatic heterocycles. The molecule has 0 heterocycles. The van der Waals surface area contributed by atoms with Gasteiger partial charge in [-0.15, -0.1) is 6.58 Å². The molecule has 2 aromatic rings. The van der Waals surface area contributed by atoms with Gasteiger partial charge in [-0.25, -0.2) is 4.39 Å². The lowest BCUT2D eigenvalue weighted by Crippen LogP contribution is -2.10. The van der Waals surface area contributed by atoms with E-state index < -0.39 is 0 Å². The minimum Gasteiger partial charge on any atom is -0.324 e. The van der Waals surface area contributed by atoms with E-state index in [4.69, 9.17) is 5.73 Å². The average molecular weight is 241 g/mol. The second kappa shape index (κ2) is 5.61. The molecule has 0 bridgehead atoms. The Bertz CT molecular complexity index is 548. The van der Waals surface area contributed by atoms with Crippen LogP contribution in [0.5, 0.6) is 0 Å². The van der Waals surface area contributed by atoms with Gasteiger partial charge in [-0.05, 0) is 23.6 Å². The van der Waals surface area contributed by atoms with Gasteiger partial charge in [0.15, 0.2) is 0 Å². The predicted octanol–water partition coefficient (Wildman–Crippen LogP) is 4.07. The third-order valence-electron chi connectivity index (χ3n) is 2.94. The lowest BCUT2D eigenvalue weighted by atomic mass is 9.93. The van der Waals surface area contributed by atoms with Gasteiger partial charge < -0.3 is 5.73 Å². The molecule has 2 N–H and O–H groups in total. The van der Waals surface area contributed by atoms with Crippen molar-refractivity contribution in [1.82, 2.24) is 0 Å². The summed E-state index contributed by atoms with van der Waals surface area (Å²) in [5.41, 5.74) is 8.49. The molecule has 0 amide bonds. The van der Waals surface area contributed by atoms with Crippen molar-refractivity contribution in [3.8, 4) is 11.1 Å². The highest BCUT2D eigenvalue weighted by molar-refractivity contribution is 5.68. The van der Waals surface area contributed by atoms with Crippen LogP contribution in [-0.4, -0.2) is 0 Å². The minimum atomic E-state index is -0.226. The smallest absolute Gasteiger partial charge is 0.131 e. The van der Waals surface area contributed by atoms with E-state index >= 15 is 0 Å². The van der Waals surface area contributed by atoms with Crippen molar-refractivity contribution in [2.75, 3.05) is 0 Å². The van der Waals surface area contributed by atoms with E-state index in [0.29, 0.717) is 12.0 Å². The van der Waals surface area contributed by atoms with Crippen LogP contribution >= 0.6 is 0 Å². The largest absolute Gasteiger partial charge is 0.324 e. The van der Waals surface area contributed by atoms with E-state index in [0.717, 1.165) is 11.1 Å². The first-order valence-corrected chi connectivity index (χ1v) is 5.94. The van der Waals surface area contributed by atoms with Gasteiger partial charge in [0.1, 0.15) is 5.82 Å². The van der Waals surface area contributed by atoms with E-state index in [-0.39, 0.29) is 11.9 Å². The number of halogens is 1. The molecule has 2 heteroatoms. The number of nitrogens with two attached hydrogens (primary N) is 1. The molecule has 92 valence electrons. The van der Waals surface area contributed by atoms with Crippen LogP contribution in [-0.2, 0) is 0 Å². The number of hydrogen-bond acceptors (Lipinski definition) is 1. The highest BCUT2D eigenvalue weighted by Gasteiger charge is 2.13. The van der Waals surface area contributed by atoms with Gasteiger partial charge >= 0.3 is 0 Å². The summed E-state index contributed by atoms with van der Waals surface area (Å²) in [6.45, 7) is 3.69. The molecule has 0 saturated heterocycles. The molecule has 1 nitrogen and oxygen atoms in total. The Morgan fingerprint density at radius 3 is 2.33 bits per heavy atom. The molecule has 2 rings (SSSR count). The lowest BCUT2D eigenvalue weighted by Gasteiger charge is -2.15. The predicted molar refractivity (Wildman–Crippen MR) is 73.6 cm³/mol. The van der Waals surface area contributed by atoms with E-state index in [2.05, 4.69) is 6.58 Å². The summed E-state index contributed by atoms with van der Waals surface area (Å²) in [6, 6.07) is 14.2. The highest BCUT2D eigenvalue weighted by Crippen LogP contribution is 2.30. The molecule has 1 unspecified atom stereocenters. The van der Waals surface area contributed by atoms with E-state index in [1.165, 1.54) is 6.07 Å². The summed E-state index contributed by atoms with van der Waals surface area (Å²) in [5, 5.41) is 0. The summed E-state index contributed by atoms with van der Waals surface area (Å²) >= 11 is 0. The van der Waals surface area contributed by atoms with Gasteiger partial charge in [-0.1, -0.05) is 48.5 Å². The molecule has 18 heavy (non-hydrogen) atoms. The summed E-state index contributed by atoms with van der Waals surface area (Å²) in [7, 11) is 0. The van der Waals surface area contributed by atoms with E-state index in [1.54, 1.807) is 18.2 Å². The Balaban J connectivity index is 2.51. The zero-order valence-corrected chi connectivity index (χ0v) is 10.1. The molecule has 0 saturated carbocycles. The maximum atomic E-state index is 13.8. The number of hydrogen-bond donors (Lipinski definition) is 1. The Kier molecular flexibility index (Phi) is 3.90. The third-order valence-corrected chi connectivity index (χ3v) is 2.94. The Hall–Kier alpha value is -1.93. The summed E-state index contributed by atoms with van der Waals surface area (Å²) in [6.07, 6.45) is 2.45. The van der Waals surface area contributed by atoms with E-state index in [9.17, 15) is 4.39 Å². The molecule has 1 atom stereocenters. The van der Waals surface area contributed by atoms with Crippen LogP contribution in [0.2, 0.25) is 0 Å². The first-order chi connectivity index (χ1) is 8.74. The molecular formula is C16H16FN. The SMILES string of the molecule is C=CCC(N)c1ccccc1-c1ccccc1F. The zero-order chi connectivity index (χ0) is 13.0. The van der Waals surface area contributed by atoms with Gasteiger partial charge in [0.25, 0.3) is 0 Å². The monoisotopic (exact) mass is 241 g/mol. The van der Waals surface area contributed by atoms with Crippen LogP contribution in [0, 0.1) is 5.82 Å². The Labute approximate surface area is 107 Å². The van der Waals surface area contributed by atoms with Gasteiger partial charge in [0, 0.05) is 11.6 Å². The van der Waals surface area contributed by atoms with Gasteiger partial charge in [-0.3, -0.25) is 0 Å². The average Bonchev–Trinajstić information content (AvgIpc) is 2.40.